The fourth-order valence-corrected chi connectivity index (χ4v) is 0.702. The summed E-state index contributed by atoms with van der Waals surface area (Å²) < 4.78 is 10.7. The van der Waals surface area contributed by atoms with Crippen molar-refractivity contribution in [1.82, 2.24) is 0 Å². The van der Waals surface area contributed by atoms with E-state index in [1.165, 1.54) is 0 Å². The van der Waals surface area contributed by atoms with E-state index in [-0.39, 0.29) is 6.10 Å². The van der Waals surface area contributed by atoms with Gasteiger partial charge in [-0.2, -0.15) is 0 Å². The molecule has 0 aliphatic heterocycles. The van der Waals surface area contributed by atoms with Crippen LogP contribution in [0.4, 0.5) is 0 Å². The quantitative estimate of drug-likeness (QED) is 0.529. The maximum Gasteiger partial charge on any atom is 0.0780 e. The highest BCUT2D eigenvalue weighted by molar-refractivity contribution is 4.55. The molecule has 1 atom stereocenters. The van der Waals surface area contributed by atoms with Crippen LogP contribution < -0.4 is 0 Å². The third-order valence-electron chi connectivity index (χ3n) is 1.25. The van der Waals surface area contributed by atoms with Gasteiger partial charge in [-0.15, -0.1) is 0 Å². The summed E-state index contributed by atoms with van der Waals surface area (Å²) in [7, 11) is 0. The van der Waals surface area contributed by atoms with Crippen LogP contribution in [0, 0.1) is 6.42 Å². The van der Waals surface area contributed by atoms with Gasteiger partial charge in [-0.1, -0.05) is 13.8 Å². The van der Waals surface area contributed by atoms with Gasteiger partial charge in [-0.05, 0) is 19.8 Å². The fraction of sp³-hybridized carbons (Fsp3) is 0.889. The molecule has 0 amide bonds. The minimum Gasteiger partial charge on any atom is -0.379 e. The Labute approximate surface area is 69.9 Å². The van der Waals surface area contributed by atoms with Crippen LogP contribution in [0.2, 0.25) is 0 Å². The predicted octanol–water partition coefficient (Wildman–Crippen LogP) is 2.04. The highest BCUT2D eigenvalue weighted by atomic mass is 16.5. The summed E-state index contributed by atoms with van der Waals surface area (Å²) in [4.78, 5) is 0. The SMILES string of the molecule is C[CH]COC(C)COCCC. The second-order valence-electron chi connectivity index (χ2n) is 2.63. The number of hydrogen-bond acceptors (Lipinski definition) is 2. The Balaban J connectivity index is 3.02. The van der Waals surface area contributed by atoms with Crippen molar-refractivity contribution in [3.63, 3.8) is 0 Å². The largest absolute Gasteiger partial charge is 0.379 e. The Morgan fingerprint density at radius 1 is 1.45 bits per heavy atom. The van der Waals surface area contributed by atoms with Crippen LogP contribution in [-0.2, 0) is 9.47 Å². The summed E-state index contributed by atoms with van der Waals surface area (Å²) >= 11 is 0. The third-order valence-corrected chi connectivity index (χ3v) is 1.25. The molecule has 0 heterocycles. The van der Waals surface area contributed by atoms with Crippen molar-refractivity contribution < 1.29 is 9.47 Å². The highest BCUT2D eigenvalue weighted by Crippen LogP contribution is 1.93. The summed E-state index contributed by atoms with van der Waals surface area (Å²) in [6.45, 7) is 8.38. The smallest absolute Gasteiger partial charge is 0.0780 e. The average Bonchev–Trinajstić information content (AvgIpc) is 2.01. The maximum absolute atomic E-state index is 5.36. The van der Waals surface area contributed by atoms with Crippen LogP contribution in [0.3, 0.4) is 0 Å². The van der Waals surface area contributed by atoms with E-state index in [1.807, 2.05) is 20.3 Å². The van der Waals surface area contributed by atoms with Crippen LogP contribution in [0.25, 0.3) is 0 Å². The maximum atomic E-state index is 5.36. The molecule has 0 aromatic carbocycles. The molecule has 2 heteroatoms. The lowest BCUT2D eigenvalue weighted by Crippen LogP contribution is -2.16. The lowest BCUT2D eigenvalue weighted by atomic mass is 10.4. The van der Waals surface area contributed by atoms with Gasteiger partial charge in [0.2, 0.25) is 0 Å². The van der Waals surface area contributed by atoms with Crippen LogP contribution in [-0.4, -0.2) is 25.9 Å². The zero-order valence-electron chi connectivity index (χ0n) is 7.80. The molecule has 0 spiro atoms. The van der Waals surface area contributed by atoms with E-state index < -0.39 is 0 Å². The van der Waals surface area contributed by atoms with Gasteiger partial charge < -0.3 is 9.47 Å². The highest BCUT2D eigenvalue weighted by Gasteiger charge is 1.99. The summed E-state index contributed by atoms with van der Waals surface area (Å²) in [6.07, 6.45) is 3.29. The number of ether oxygens (including phenoxy) is 2. The molecule has 0 bridgehead atoms. The molecule has 67 valence electrons. The lowest BCUT2D eigenvalue weighted by Gasteiger charge is -2.11. The van der Waals surface area contributed by atoms with Gasteiger partial charge in [-0.25, -0.2) is 0 Å². The van der Waals surface area contributed by atoms with Gasteiger partial charge in [0.25, 0.3) is 0 Å². The van der Waals surface area contributed by atoms with Crippen molar-refractivity contribution in [2.45, 2.75) is 33.3 Å². The monoisotopic (exact) mass is 159 g/mol. The Hall–Kier alpha value is -0.0800. The molecule has 1 unspecified atom stereocenters. The first-order valence-electron chi connectivity index (χ1n) is 4.28. The van der Waals surface area contributed by atoms with Gasteiger partial charge in [0, 0.05) is 13.2 Å². The van der Waals surface area contributed by atoms with Gasteiger partial charge in [-0.3, -0.25) is 0 Å². The van der Waals surface area contributed by atoms with Gasteiger partial charge in [0.1, 0.15) is 0 Å². The van der Waals surface area contributed by atoms with Gasteiger partial charge >= 0.3 is 0 Å². The van der Waals surface area contributed by atoms with Crippen molar-refractivity contribution in [3.8, 4) is 0 Å². The predicted molar refractivity (Wildman–Crippen MR) is 46.5 cm³/mol. The minimum absolute atomic E-state index is 0.220. The van der Waals surface area contributed by atoms with Crippen molar-refractivity contribution in [2.24, 2.45) is 0 Å². The molecule has 1 radical (unpaired) electrons. The summed E-state index contributed by atoms with van der Waals surface area (Å²) in [5.74, 6) is 0. The molecule has 0 aliphatic carbocycles. The molecule has 0 aromatic heterocycles. The van der Waals surface area contributed by atoms with Crippen molar-refractivity contribution in [2.75, 3.05) is 19.8 Å². The third kappa shape index (κ3) is 7.82. The molecule has 11 heavy (non-hydrogen) atoms. The van der Waals surface area contributed by atoms with Crippen LogP contribution in [0.15, 0.2) is 0 Å². The number of rotatable bonds is 7. The van der Waals surface area contributed by atoms with Gasteiger partial charge in [0.15, 0.2) is 0 Å². The molecule has 0 saturated carbocycles. The summed E-state index contributed by atoms with van der Waals surface area (Å²) in [5, 5.41) is 0. The van der Waals surface area contributed by atoms with Crippen LogP contribution in [0.5, 0.6) is 0 Å². The Bertz CT molecular complexity index is 74.0. The Kier molecular flexibility index (Phi) is 7.96. The molecule has 0 rings (SSSR count). The van der Waals surface area contributed by atoms with E-state index in [2.05, 4.69) is 6.92 Å². The van der Waals surface area contributed by atoms with E-state index >= 15 is 0 Å². The van der Waals surface area contributed by atoms with Crippen molar-refractivity contribution in [1.29, 1.82) is 0 Å². The van der Waals surface area contributed by atoms with E-state index in [0.29, 0.717) is 6.61 Å². The molecular formula is C9H19O2. The standard InChI is InChI=1S/C9H19O2/c1-4-6-10-8-9(3)11-7-5-2/h5,9H,4,6-8H2,1-3H3. The topological polar surface area (TPSA) is 18.5 Å². The van der Waals surface area contributed by atoms with Crippen molar-refractivity contribution >= 4 is 0 Å². The molecule has 0 fully saturated rings. The molecular weight excluding hydrogens is 140 g/mol. The molecule has 0 N–H and O–H groups in total. The van der Waals surface area contributed by atoms with E-state index in [4.69, 9.17) is 9.47 Å². The van der Waals surface area contributed by atoms with Crippen molar-refractivity contribution in [3.05, 3.63) is 6.42 Å². The van der Waals surface area contributed by atoms with Crippen LogP contribution in [0.1, 0.15) is 27.2 Å². The molecule has 2 nitrogen and oxygen atoms in total. The Morgan fingerprint density at radius 3 is 2.73 bits per heavy atom. The molecule has 0 aliphatic rings. The first kappa shape index (κ1) is 10.9. The first-order chi connectivity index (χ1) is 5.31. The average molecular weight is 159 g/mol. The number of hydrogen-bond donors (Lipinski definition) is 0. The minimum atomic E-state index is 0.220. The zero-order chi connectivity index (χ0) is 8.53. The normalized spacial score (nSPS) is 13.4. The summed E-state index contributed by atoms with van der Waals surface area (Å²) in [5.41, 5.74) is 0. The van der Waals surface area contributed by atoms with E-state index in [9.17, 15) is 0 Å². The van der Waals surface area contributed by atoms with Gasteiger partial charge in [0.05, 0.1) is 12.7 Å². The second-order valence-corrected chi connectivity index (χ2v) is 2.63. The summed E-state index contributed by atoms with van der Waals surface area (Å²) in [6, 6.07) is 0. The Morgan fingerprint density at radius 2 is 2.18 bits per heavy atom. The zero-order valence-corrected chi connectivity index (χ0v) is 7.80. The van der Waals surface area contributed by atoms with E-state index in [0.717, 1.165) is 19.6 Å². The lowest BCUT2D eigenvalue weighted by molar-refractivity contribution is 0.00165. The van der Waals surface area contributed by atoms with E-state index in [1.54, 1.807) is 0 Å². The second kappa shape index (κ2) is 8.02. The molecule has 0 aromatic rings. The fourth-order valence-electron chi connectivity index (χ4n) is 0.702. The molecule has 0 saturated heterocycles. The first-order valence-corrected chi connectivity index (χ1v) is 4.28. The van der Waals surface area contributed by atoms with Crippen LogP contribution >= 0.6 is 0 Å².